The van der Waals surface area contributed by atoms with E-state index in [9.17, 15) is 14.4 Å². The van der Waals surface area contributed by atoms with Crippen molar-refractivity contribution in [1.82, 2.24) is 10.6 Å². The molecule has 0 bridgehead atoms. The van der Waals surface area contributed by atoms with Gasteiger partial charge in [0.1, 0.15) is 6.04 Å². The van der Waals surface area contributed by atoms with Gasteiger partial charge in [-0.15, -0.1) is 0 Å². The Morgan fingerprint density at radius 3 is 2.25 bits per heavy atom. The number of rotatable bonds is 11. The van der Waals surface area contributed by atoms with E-state index < -0.39 is 36.4 Å². The average molecular weight is 449 g/mol. The van der Waals surface area contributed by atoms with Gasteiger partial charge < -0.3 is 24.8 Å². The van der Waals surface area contributed by atoms with E-state index in [4.69, 9.17) is 14.2 Å². The van der Waals surface area contributed by atoms with E-state index in [0.717, 1.165) is 6.42 Å². The van der Waals surface area contributed by atoms with Crippen LogP contribution in [0.3, 0.4) is 0 Å². The fourth-order valence-electron chi connectivity index (χ4n) is 3.38. The van der Waals surface area contributed by atoms with Crippen LogP contribution in [0.1, 0.15) is 59.3 Å². The van der Waals surface area contributed by atoms with E-state index in [0.29, 0.717) is 24.4 Å². The molecule has 0 aromatic heterocycles. The minimum Gasteiger partial charge on any atom is -0.464 e. The largest absolute Gasteiger partial charge is 0.464 e. The third-order valence-corrected chi connectivity index (χ3v) is 5.03. The lowest BCUT2D eigenvalue weighted by atomic mass is 10.0. The van der Waals surface area contributed by atoms with Gasteiger partial charge in [0.05, 0.1) is 6.61 Å². The van der Waals surface area contributed by atoms with Crippen molar-refractivity contribution in [2.75, 3.05) is 13.2 Å². The molecule has 0 saturated carbocycles. The van der Waals surface area contributed by atoms with E-state index in [2.05, 4.69) is 24.5 Å². The predicted octanol–water partition coefficient (Wildman–Crippen LogP) is 2.73. The smallest absolute Gasteiger partial charge is 0.338 e. The van der Waals surface area contributed by atoms with Gasteiger partial charge in [-0.3, -0.25) is 9.59 Å². The SMILES string of the molecule is CCOC(=O)[C@H]1OC(c2ccccc2)O[C@@H]1C(=O)N[C@@H](CC(C)C)C(=O)NCCC(C)C. The van der Waals surface area contributed by atoms with E-state index in [1.807, 2.05) is 32.0 Å². The topological polar surface area (TPSA) is 103 Å². The molecule has 8 nitrogen and oxygen atoms in total. The highest BCUT2D eigenvalue weighted by atomic mass is 16.7. The van der Waals surface area contributed by atoms with Crippen LogP contribution in [0.25, 0.3) is 0 Å². The molecule has 1 aromatic carbocycles. The van der Waals surface area contributed by atoms with Crippen molar-refractivity contribution >= 4 is 17.8 Å². The minimum absolute atomic E-state index is 0.150. The molecule has 1 heterocycles. The monoisotopic (exact) mass is 448 g/mol. The second-order valence-electron chi connectivity index (χ2n) is 8.77. The van der Waals surface area contributed by atoms with Gasteiger partial charge >= 0.3 is 5.97 Å². The number of hydrogen-bond donors (Lipinski definition) is 2. The fraction of sp³-hybridized carbons (Fsp3) is 0.625. The van der Waals surface area contributed by atoms with Crippen LogP contribution in [0.5, 0.6) is 0 Å². The van der Waals surface area contributed by atoms with Gasteiger partial charge in [0, 0.05) is 12.1 Å². The Labute approximate surface area is 190 Å². The molecule has 1 aromatic rings. The average Bonchev–Trinajstić information content (AvgIpc) is 3.19. The van der Waals surface area contributed by atoms with Crippen LogP contribution in [0, 0.1) is 11.8 Å². The van der Waals surface area contributed by atoms with Crippen LogP contribution in [0.15, 0.2) is 30.3 Å². The zero-order valence-electron chi connectivity index (χ0n) is 19.6. The predicted molar refractivity (Wildman–Crippen MR) is 119 cm³/mol. The second-order valence-corrected chi connectivity index (χ2v) is 8.77. The number of carbonyl (C=O) groups is 3. The van der Waals surface area contributed by atoms with Crippen molar-refractivity contribution in [1.29, 1.82) is 0 Å². The molecule has 1 aliphatic heterocycles. The summed E-state index contributed by atoms with van der Waals surface area (Å²) in [5.41, 5.74) is 0.683. The number of esters is 1. The van der Waals surface area contributed by atoms with E-state index in [-0.39, 0.29) is 18.4 Å². The van der Waals surface area contributed by atoms with Crippen LogP contribution in [-0.2, 0) is 28.6 Å². The lowest BCUT2D eigenvalue weighted by molar-refractivity contribution is -0.158. The summed E-state index contributed by atoms with van der Waals surface area (Å²) in [6.07, 6.45) is -2.03. The van der Waals surface area contributed by atoms with Gasteiger partial charge in [-0.1, -0.05) is 58.0 Å². The Morgan fingerprint density at radius 2 is 1.66 bits per heavy atom. The Bertz CT molecular complexity index is 752. The van der Waals surface area contributed by atoms with Crippen molar-refractivity contribution in [2.45, 2.75) is 72.0 Å². The summed E-state index contributed by atoms with van der Waals surface area (Å²) in [6.45, 7) is 10.5. The quantitative estimate of drug-likeness (QED) is 0.505. The maximum absolute atomic E-state index is 13.1. The van der Waals surface area contributed by atoms with Gasteiger partial charge in [0.2, 0.25) is 5.91 Å². The standard InChI is InChI=1S/C24H36N2O6/c1-6-30-23(29)20-19(31-24(32-20)17-10-8-7-9-11-17)22(28)26-18(14-16(4)5)21(27)25-13-12-15(2)3/h7-11,15-16,18-20,24H,6,12-14H2,1-5H3,(H,25,27)(H,26,28)/t18-,19-,20-,24?/m0/s1. The Morgan fingerprint density at radius 1 is 1.00 bits per heavy atom. The van der Waals surface area contributed by atoms with Crippen molar-refractivity contribution < 1.29 is 28.6 Å². The Kier molecular flexibility index (Phi) is 10.1. The summed E-state index contributed by atoms with van der Waals surface area (Å²) < 4.78 is 16.7. The highest BCUT2D eigenvalue weighted by Crippen LogP contribution is 2.32. The molecule has 1 unspecified atom stereocenters. The maximum Gasteiger partial charge on any atom is 0.338 e. The number of carbonyl (C=O) groups excluding carboxylic acids is 3. The third-order valence-electron chi connectivity index (χ3n) is 5.03. The van der Waals surface area contributed by atoms with Crippen LogP contribution < -0.4 is 10.6 Å². The molecular weight excluding hydrogens is 412 g/mol. The van der Waals surface area contributed by atoms with Crippen LogP contribution in [0.4, 0.5) is 0 Å². The number of nitrogens with one attached hydrogen (secondary N) is 2. The van der Waals surface area contributed by atoms with Gasteiger partial charge in [0.15, 0.2) is 18.5 Å². The van der Waals surface area contributed by atoms with Gasteiger partial charge in [-0.25, -0.2) is 4.79 Å². The summed E-state index contributed by atoms with van der Waals surface area (Å²) >= 11 is 0. The third kappa shape index (κ3) is 7.60. The summed E-state index contributed by atoms with van der Waals surface area (Å²) in [6, 6.07) is 8.31. The van der Waals surface area contributed by atoms with Crippen molar-refractivity contribution in [3.63, 3.8) is 0 Å². The van der Waals surface area contributed by atoms with Gasteiger partial charge in [0.25, 0.3) is 5.91 Å². The molecule has 4 atom stereocenters. The van der Waals surface area contributed by atoms with E-state index in [1.54, 1.807) is 19.1 Å². The molecule has 1 aliphatic rings. The number of hydrogen-bond acceptors (Lipinski definition) is 6. The van der Waals surface area contributed by atoms with Crippen molar-refractivity contribution in [2.24, 2.45) is 11.8 Å². The molecule has 2 amide bonds. The molecule has 2 N–H and O–H groups in total. The lowest BCUT2D eigenvalue weighted by Crippen LogP contribution is -2.53. The summed E-state index contributed by atoms with van der Waals surface area (Å²) in [4.78, 5) is 38.3. The first-order valence-corrected chi connectivity index (χ1v) is 11.3. The second kappa shape index (κ2) is 12.6. The molecule has 1 saturated heterocycles. The molecule has 8 heteroatoms. The first-order valence-electron chi connectivity index (χ1n) is 11.3. The van der Waals surface area contributed by atoms with E-state index >= 15 is 0 Å². The number of benzene rings is 1. The summed E-state index contributed by atoms with van der Waals surface area (Å²) in [7, 11) is 0. The van der Waals surface area contributed by atoms with Crippen molar-refractivity contribution in [3.05, 3.63) is 35.9 Å². The molecular formula is C24H36N2O6. The molecule has 32 heavy (non-hydrogen) atoms. The maximum atomic E-state index is 13.1. The number of ether oxygens (including phenoxy) is 3. The molecule has 1 fully saturated rings. The fourth-order valence-corrected chi connectivity index (χ4v) is 3.38. The Balaban J connectivity index is 2.13. The molecule has 0 spiro atoms. The zero-order valence-corrected chi connectivity index (χ0v) is 19.6. The minimum atomic E-state index is -1.22. The number of amides is 2. The summed E-state index contributed by atoms with van der Waals surface area (Å²) in [5.74, 6) is -0.870. The molecule has 0 aliphatic carbocycles. The van der Waals surface area contributed by atoms with Gasteiger partial charge in [-0.2, -0.15) is 0 Å². The molecule has 0 radical (unpaired) electrons. The lowest BCUT2D eigenvalue weighted by Gasteiger charge is -2.23. The molecule has 178 valence electrons. The molecule has 2 rings (SSSR count). The normalized spacial score (nSPS) is 21.4. The van der Waals surface area contributed by atoms with Crippen molar-refractivity contribution in [3.8, 4) is 0 Å². The van der Waals surface area contributed by atoms with E-state index in [1.165, 1.54) is 0 Å². The first-order chi connectivity index (χ1) is 15.2. The van der Waals surface area contributed by atoms with Crippen LogP contribution in [-0.4, -0.2) is 49.2 Å². The highest BCUT2D eigenvalue weighted by Gasteiger charge is 2.47. The van der Waals surface area contributed by atoms with Gasteiger partial charge in [-0.05, 0) is 31.6 Å². The highest BCUT2D eigenvalue weighted by molar-refractivity contribution is 5.93. The zero-order chi connectivity index (χ0) is 23.7. The van der Waals surface area contributed by atoms with Crippen LogP contribution >= 0.6 is 0 Å². The summed E-state index contributed by atoms with van der Waals surface area (Å²) in [5, 5.41) is 5.65. The first kappa shape index (κ1) is 25.8. The Hall–Kier alpha value is -2.45. The van der Waals surface area contributed by atoms with Crippen LogP contribution in [0.2, 0.25) is 0 Å².